The molecule has 5 aliphatic rings. The first-order chi connectivity index (χ1) is 12.4. The molecule has 6 nitrogen and oxygen atoms in total. The summed E-state index contributed by atoms with van der Waals surface area (Å²) in [5, 5.41) is 19.2. The Kier molecular flexibility index (Phi) is 3.95. The second-order valence-corrected chi connectivity index (χ2v) is 10.1. The van der Waals surface area contributed by atoms with Gasteiger partial charge in [-0.05, 0) is 80.5 Å². The molecule has 4 bridgehead atoms. The standard InChI is InChI=1S/C19H23O6P/c20-19(21)17(24-25-19)26(22)16-3-1-15(2-4-16)23-11-18-8-12-5-13(9-18)7-14(6-12)10-18/h1-4,12-14,20-21H,5-11H2. The van der Waals surface area contributed by atoms with E-state index in [1.807, 2.05) is 0 Å². The maximum absolute atomic E-state index is 12.3. The minimum absolute atomic E-state index is 0.346. The molecule has 0 radical (unpaired) electrons. The lowest BCUT2D eigenvalue weighted by atomic mass is 9.50. The van der Waals surface area contributed by atoms with E-state index in [1.54, 1.807) is 24.3 Å². The van der Waals surface area contributed by atoms with Gasteiger partial charge in [0.05, 0.1) is 6.61 Å². The van der Waals surface area contributed by atoms with Crippen LogP contribution in [0, 0.1) is 23.2 Å². The molecule has 0 amide bonds. The molecule has 1 aromatic carbocycles. The van der Waals surface area contributed by atoms with E-state index in [4.69, 9.17) is 4.74 Å². The minimum Gasteiger partial charge on any atom is -0.624 e. The van der Waals surface area contributed by atoms with Crippen LogP contribution in [0.3, 0.4) is 0 Å². The van der Waals surface area contributed by atoms with E-state index in [1.165, 1.54) is 38.5 Å². The summed E-state index contributed by atoms with van der Waals surface area (Å²) in [6.07, 6.45) is 8.16. The Morgan fingerprint density at radius 3 is 2.08 bits per heavy atom. The third-order valence-electron chi connectivity index (χ3n) is 6.48. The van der Waals surface area contributed by atoms with Gasteiger partial charge in [0.15, 0.2) is 0 Å². The zero-order chi connectivity index (χ0) is 17.9. The number of aliphatic hydroxyl groups is 2. The molecule has 4 saturated carbocycles. The number of rotatable bonds is 4. The lowest BCUT2D eigenvalue weighted by Crippen LogP contribution is -2.53. The first-order valence-electron chi connectivity index (χ1n) is 9.30. The van der Waals surface area contributed by atoms with E-state index in [-0.39, 0.29) is 5.48 Å². The fourth-order valence-electron chi connectivity index (χ4n) is 5.82. The first kappa shape index (κ1) is 17.1. The molecule has 1 saturated heterocycles. The Hall–Kier alpha value is -1.01. The monoisotopic (exact) mass is 378 g/mol. The van der Waals surface area contributed by atoms with Crippen molar-refractivity contribution in [3.8, 4) is 5.75 Å². The summed E-state index contributed by atoms with van der Waals surface area (Å²) < 4.78 is 6.11. The van der Waals surface area contributed by atoms with E-state index < -0.39 is 13.7 Å². The molecule has 4 aliphatic carbocycles. The van der Waals surface area contributed by atoms with Crippen LogP contribution in [0.2, 0.25) is 0 Å². The third-order valence-corrected chi connectivity index (χ3v) is 7.98. The summed E-state index contributed by atoms with van der Waals surface area (Å²) in [4.78, 5) is 20.9. The van der Waals surface area contributed by atoms with E-state index >= 15 is 0 Å². The molecule has 1 aliphatic heterocycles. The molecule has 0 aromatic heterocycles. The zero-order valence-corrected chi connectivity index (χ0v) is 15.4. The molecule has 6 rings (SSSR count). The molecule has 26 heavy (non-hydrogen) atoms. The van der Waals surface area contributed by atoms with Crippen molar-refractivity contribution in [2.45, 2.75) is 44.5 Å². The largest absolute Gasteiger partial charge is 0.624 e. The molecule has 7 heteroatoms. The average molecular weight is 378 g/mol. The molecule has 2 N–H and O–H groups in total. The third kappa shape index (κ3) is 2.89. The summed E-state index contributed by atoms with van der Waals surface area (Å²) in [5.41, 5.74) is -0.0337. The van der Waals surface area contributed by atoms with Gasteiger partial charge in [0.2, 0.25) is 0 Å². The maximum atomic E-state index is 12.3. The van der Waals surface area contributed by atoms with Crippen molar-refractivity contribution in [1.82, 2.24) is 0 Å². The Labute approximate surface area is 153 Å². The van der Waals surface area contributed by atoms with Crippen molar-refractivity contribution < 1.29 is 29.6 Å². The second kappa shape index (κ2) is 5.99. The smallest absolute Gasteiger partial charge is 0.401 e. The molecule has 1 unspecified atom stereocenters. The van der Waals surface area contributed by atoms with Crippen LogP contribution in [0.4, 0.5) is 0 Å². The van der Waals surface area contributed by atoms with Crippen LogP contribution in [-0.2, 0) is 9.78 Å². The van der Waals surface area contributed by atoms with Gasteiger partial charge < -0.3 is 19.8 Å². The van der Waals surface area contributed by atoms with Crippen molar-refractivity contribution in [2.75, 3.05) is 6.61 Å². The van der Waals surface area contributed by atoms with Gasteiger partial charge in [-0.1, -0.05) is 0 Å². The van der Waals surface area contributed by atoms with Gasteiger partial charge in [0, 0.05) is 5.41 Å². The fourth-order valence-corrected chi connectivity index (χ4v) is 6.88. The van der Waals surface area contributed by atoms with Crippen molar-refractivity contribution in [2.24, 2.45) is 23.2 Å². The van der Waals surface area contributed by atoms with Gasteiger partial charge in [-0.2, -0.15) is 4.89 Å². The van der Waals surface area contributed by atoms with Crippen molar-refractivity contribution in [1.29, 1.82) is 0 Å². The highest BCUT2D eigenvalue weighted by Crippen LogP contribution is 2.60. The average Bonchev–Trinajstić information content (AvgIpc) is 2.58. The van der Waals surface area contributed by atoms with Gasteiger partial charge in [0.25, 0.3) is 0 Å². The highest BCUT2D eigenvalue weighted by atomic mass is 31.1. The summed E-state index contributed by atoms with van der Waals surface area (Å²) in [7, 11) is -2.22. The number of hydrogen-bond acceptors (Lipinski definition) is 6. The van der Waals surface area contributed by atoms with Crippen LogP contribution in [0.15, 0.2) is 24.3 Å². The SMILES string of the molecule is [O-]/[P+](=C1/OOC1(O)O)c1ccc(OCC23CC4CC(CC(C4)C2)C3)cc1. The van der Waals surface area contributed by atoms with Crippen molar-refractivity contribution in [3.63, 3.8) is 0 Å². The summed E-state index contributed by atoms with van der Waals surface area (Å²) in [5.74, 6) is 0.879. The molecule has 1 atom stereocenters. The van der Waals surface area contributed by atoms with E-state index in [9.17, 15) is 15.1 Å². The second-order valence-electron chi connectivity index (χ2n) is 8.57. The van der Waals surface area contributed by atoms with E-state index in [0.29, 0.717) is 10.7 Å². The molecule has 1 aromatic rings. The topological polar surface area (TPSA) is 91.2 Å². The van der Waals surface area contributed by atoms with Gasteiger partial charge in [0.1, 0.15) is 18.8 Å². The molecular weight excluding hydrogens is 355 g/mol. The first-order valence-corrected chi connectivity index (χ1v) is 10.6. The van der Waals surface area contributed by atoms with Crippen LogP contribution in [0.1, 0.15) is 38.5 Å². The van der Waals surface area contributed by atoms with Gasteiger partial charge in [-0.15, -0.1) is 4.89 Å². The summed E-state index contributed by atoms with van der Waals surface area (Å²) in [6, 6.07) is 6.89. The Balaban J connectivity index is 1.26. The van der Waals surface area contributed by atoms with Crippen LogP contribution < -0.4 is 14.9 Å². The number of ether oxygens (including phenoxy) is 1. The predicted molar refractivity (Wildman–Crippen MR) is 93.4 cm³/mol. The van der Waals surface area contributed by atoms with E-state index in [2.05, 4.69) is 9.78 Å². The normalized spacial score (nSPS) is 38.8. The molecule has 140 valence electrons. The van der Waals surface area contributed by atoms with E-state index in [0.717, 1.165) is 30.1 Å². The Morgan fingerprint density at radius 1 is 1.04 bits per heavy atom. The van der Waals surface area contributed by atoms with Crippen LogP contribution in [0.25, 0.3) is 0 Å². The summed E-state index contributed by atoms with van der Waals surface area (Å²) >= 11 is 0. The lowest BCUT2D eigenvalue weighted by molar-refractivity contribution is -0.491. The van der Waals surface area contributed by atoms with Crippen molar-refractivity contribution >= 4 is 18.6 Å². The van der Waals surface area contributed by atoms with Gasteiger partial charge in [-0.25, -0.2) is 0 Å². The predicted octanol–water partition coefficient (Wildman–Crippen LogP) is 1.39. The highest BCUT2D eigenvalue weighted by molar-refractivity contribution is 7.59. The molecular formula is C19H23O6P. The maximum Gasteiger partial charge on any atom is 0.401 e. The summed E-state index contributed by atoms with van der Waals surface area (Å²) in [6.45, 7) is 0.757. The fraction of sp³-hybridized carbons (Fsp3) is 0.632. The number of benzene rings is 1. The van der Waals surface area contributed by atoms with Gasteiger partial charge >= 0.3 is 11.5 Å². The van der Waals surface area contributed by atoms with Crippen LogP contribution in [-0.4, -0.2) is 28.3 Å². The Bertz CT molecular complexity index is 706. The van der Waals surface area contributed by atoms with Crippen LogP contribution >= 0.6 is 7.77 Å². The minimum atomic E-state index is -2.57. The molecule has 0 spiro atoms. The van der Waals surface area contributed by atoms with Gasteiger partial charge in [-0.3, -0.25) is 0 Å². The molecule has 5 fully saturated rings. The molecule has 1 heterocycles. The van der Waals surface area contributed by atoms with Crippen LogP contribution in [0.5, 0.6) is 5.75 Å². The lowest BCUT2D eigenvalue weighted by Gasteiger charge is -2.56. The zero-order valence-electron chi connectivity index (χ0n) is 14.5. The number of hydrogen-bond donors (Lipinski definition) is 2. The van der Waals surface area contributed by atoms with Crippen molar-refractivity contribution in [3.05, 3.63) is 24.3 Å². The highest BCUT2D eigenvalue weighted by Gasteiger charge is 2.53. The quantitative estimate of drug-likeness (QED) is 0.468. The Morgan fingerprint density at radius 2 is 1.62 bits per heavy atom.